The van der Waals surface area contributed by atoms with Crippen LogP contribution in [0.5, 0.6) is 11.5 Å². The van der Waals surface area contributed by atoms with Gasteiger partial charge >= 0.3 is 0 Å². The number of rotatable bonds is 16. The number of anilines is 2. The summed E-state index contributed by atoms with van der Waals surface area (Å²) in [7, 11) is -4.38. The van der Waals surface area contributed by atoms with E-state index in [4.69, 9.17) is 21.1 Å². The van der Waals surface area contributed by atoms with E-state index < -0.39 is 15.9 Å². The van der Waals surface area contributed by atoms with Crippen molar-refractivity contribution in [2.45, 2.75) is 50.8 Å². The molecule has 4 heterocycles. The third kappa shape index (κ3) is 10.4. The molecule has 0 radical (unpaired) electrons. The molecule has 6 aromatic rings. The number of fused-ring (bicyclic) bond motifs is 1. The van der Waals surface area contributed by atoms with E-state index in [0.29, 0.717) is 66.6 Å². The second kappa shape index (κ2) is 18.8. The van der Waals surface area contributed by atoms with Gasteiger partial charge in [0.05, 0.1) is 11.1 Å². The van der Waals surface area contributed by atoms with Gasteiger partial charge in [-0.05, 0) is 103 Å². The Morgan fingerprint density at radius 2 is 1.84 bits per heavy atom. The minimum atomic E-state index is -4.38. The van der Waals surface area contributed by atoms with Gasteiger partial charge < -0.3 is 30.4 Å². The molecule has 61 heavy (non-hydrogen) atoms. The molecule has 3 aromatic carbocycles. The summed E-state index contributed by atoms with van der Waals surface area (Å²) in [6, 6.07) is 22.1. The summed E-state index contributed by atoms with van der Waals surface area (Å²) < 4.78 is 42.0. The fourth-order valence-corrected chi connectivity index (χ4v) is 9.58. The molecule has 1 fully saturated rings. The van der Waals surface area contributed by atoms with Crippen molar-refractivity contribution in [3.8, 4) is 22.1 Å². The Hall–Kier alpha value is -5.25. The smallest absolute Gasteiger partial charge is 0.268 e. The van der Waals surface area contributed by atoms with Crippen LogP contribution in [-0.2, 0) is 14.8 Å². The number of nitrogens with one attached hydrogen (secondary N) is 5. The number of thiazole rings is 1. The van der Waals surface area contributed by atoms with Crippen LogP contribution in [0.25, 0.3) is 27.0 Å². The minimum absolute atomic E-state index is 0.0459. The number of halogens is 1. The molecule has 1 aliphatic carbocycles. The molecule has 5 N–H and O–H groups in total. The highest BCUT2D eigenvalue weighted by atomic mass is 35.5. The highest BCUT2D eigenvalue weighted by Crippen LogP contribution is 2.43. The topological polar surface area (TPSA) is 159 Å². The van der Waals surface area contributed by atoms with E-state index in [1.807, 2.05) is 41.9 Å². The normalized spacial score (nSPS) is 15.8. The lowest BCUT2D eigenvalue weighted by atomic mass is 9.72. The lowest BCUT2D eigenvalue weighted by molar-refractivity contribution is 0.0699. The summed E-state index contributed by atoms with van der Waals surface area (Å²) in [4.78, 5) is 26.0. The number of carbonyl (C=O) groups is 1. The largest absolute Gasteiger partial charge is 0.456 e. The predicted octanol–water partition coefficient (Wildman–Crippen LogP) is 9.75. The third-order valence-corrected chi connectivity index (χ3v) is 13.7. The lowest BCUT2D eigenvalue weighted by Crippen LogP contribution is -2.31. The Morgan fingerprint density at radius 1 is 1.00 bits per heavy atom. The fourth-order valence-electron chi connectivity index (χ4n) is 7.87. The molecule has 2 aliphatic rings. The summed E-state index contributed by atoms with van der Waals surface area (Å²) in [5, 5.41) is 14.4. The van der Waals surface area contributed by atoms with Crippen LogP contribution in [0.3, 0.4) is 0 Å². The van der Waals surface area contributed by atoms with Crippen molar-refractivity contribution >= 4 is 66.8 Å². The zero-order chi connectivity index (χ0) is 42.4. The molecular weight excluding hydrogens is 830 g/mol. The van der Waals surface area contributed by atoms with E-state index in [1.54, 1.807) is 30.5 Å². The van der Waals surface area contributed by atoms with E-state index >= 15 is 0 Å². The fraction of sp³-hybridized carbons (Fsp3) is 0.326. The Morgan fingerprint density at radius 3 is 2.64 bits per heavy atom. The number of ether oxygens (including phenoxy) is 2. The van der Waals surface area contributed by atoms with Crippen LogP contribution in [0.1, 0.15) is 61.9 Å². The van der Waals surface area contributed by atoms with Crippen LogP contribution < -0.4 is 25.4 Å². The average Bonchev–Trinajstić information content (AvgIpc) is 3.98. The first-order valence-corrected chi connectivity index (χ1v) is 23.3. The second-order valence-electron chi connectivity index (χ2n) is 16.3. The van der Waals surface area contributed by atoms with E-state index in [0.717, 1.165) is 54.6 Å². The summed E-state index contributed by atoms with van der Waals surface area (Å²) in [5.74, 6) is 0.792. The molecule has 1 saturated heterocycles. The number of hydrogen-bond donors (Lipinski definition) is 5. The van der Waals surface area contributed by atoms with Gasteiger partial charge in [0.1, 0.15) is 27.2 Å². The van der Waals surface area contributed by atoms with E-state index in [9.17, 15) is 13.2 Å². The van der Waals surface area contributed by atoms with Crippen molar-refractivity contribution in [1.29, 1.82) is 0 Å². The van der Waals surface area contributed by atoms with Crippen molar-refractivity contribution < 1.29 is 22.7 Å². The molecular formula is C46H50ClN7O5S2. The first kappa shape index (κ1) is 42.4. The predicted molar refractivity (Wildman–Crippen MR) is 244 cm³/mol. The summed E-state index contributed by atoms with van der Waals surface area (Å²) in [6.07, 6.45) is 9.76. The Labute approximate surface area is 365 Å². The monoisotopic (exact) mass is 879 g/mol. The molecule has 8 rings (SSSR count). The first-order valence-electron chi connectivity index (χ1n) is 20.6. The van der Waals surface area contributed by atoms with Crippen molar-refractivity contribution in [3.63, 3.8) is 0 Å². The van der Waals surface area contributed by atoms with E-state index in [-0.39, 0.29) is 21.6 Å². The molecule has 0 atom stereocenters. The number of H-pyrrole nitrogens is 1. The number of amides is 1. The van der Waals surface area contributed by atoms with Gasteiger partial charge in [-0.15, -0.1) is 11.3 Å². The quantitative estimate of drug-likeness (QED) is 0.0593. The number of carbonyl (C=O) groups excluding carboxylic acids is 1. The molecule has 15 heteroatoms. The van der Waals surface area contributed by atoms with Gasteiger partial charge in [0.15, 0.2) is 0 Å². The van der Waals surface area contributed by atoms with Crippen LogP contribution in [-0.4, -0.2) is 68.7 Å². The zero-order valence-corrected chi connectivity index (χ0v) is 36.6. The number of sulfonamides is 1. The highest BCUT2D eigenvalue weighted by molar-refractivity contribution is 7.90. The number of nitrogens with zero attached hydrogens (tertiary/aromatic N) is 2. The molecule has 0 saturated carbocycles. The van der Waals surface area contributed by atoms with Crippen LogP contribution in [0.15, 0.2) is 107 Å². The standard InChI is InChI=1S/C46H50ClN7O5S2/c1-46(2)16-12-32(39(26-46)31-6-8-33(47)9-7-31)28-48-18-19-49-34-10-11-37(42(24-34)59-41-5-3-4-40-36(41)13-17-50-40)44(55)54-61(56,57)35-25-38(45-51-20-23-60-45)43(53-29-35)52-27-30-14-21-58-22-15-30/h3-11,13,17,20,23-25,29-30,48-50H,12,14-16,18-19,21-22,26-28H2,1-2H3,(H,52,53)(H,54,55). The number of hydrogen-bond acceptors (Lipinski definition) is 11. The molecule has 0 bridgehead atoms. The minimum Gasteiger partial charge on any atom is -0.456 e. The number of pyridine rings is 1. The van der Waals surface area contributed by atoms with Gasteiger partial charge in [-0.25, -0.2) is 23.1 Å². The molecule has 1 amide bonds. The lowest BCUT2D eigenvalue weighted by Gasteiger charge is -2.34. The maximum Gasteiger partial charge on any atom is 0.268 e. The maximum atomic E-state index is 14.0. The molecule has 3 aromatic heterocycles. The van der Waals surface area contributed by atoms with Gasteiger partial charge in [-0.2, -0.15) is 0 Å². The van der Waals surface area contributed by atoms with E-state index in [2.05, 4.69) is 61.6 Å². The summed E-state index contributed by atoms with van der Waals surface area (Å²) >= 11 is 7.58. The number of aromatic amines is 1. The Bertz CT molecular complexity index is 2620. The second-order valence-corrected chi connectivity index (χ2v) is 19.3. The van der Waals surface area contributed by atoms with Gasteiger partial charge in [-0.3, -0.25) is 4.79 Å². The Kier molecular flexibility index (Phi) is 13.1. The molecule has 318 valence electrons. The Balaban J connectivity index is 0.985. The van der Waals surface area contributed by atoms with Crippen molar-refractivity contribution in [2.75, 3.05) is 50.0 Å². The van der Waals surface area contributed by atoms with Crippen LogP contribution >= 0.6 is 22.9 Å². The zero-order valence-electron chi connectivity index (χ0n) is 34.2. The van der Waals surface area contributed by atoms with Gasteiger partial charge in [0.25, 0.3) is 15.9 Å². The van der Waals surface area contributed by atoms with Gasteiger partial charge in [0.2, 0.25) is 0 Å². The molecule has 0 unspecified atom stereocenters. The highest BCUT2D eigenvalue weighted by Gasteiger charge is 2.28. The molecule has 0 spiro atoms. The molecule has 1 aliphatic heterocycles. The van der Waals surface area contributed by atoms with Crippen LogP contribution in [0, 0.1) is 11.3 Å². The summed E-state index contributed by atoms with van der Waals surface area (Å²) in [5.41, 5.74) is 6.39. The molecule has 12 nitrogen and oxygen atoms in total. The van der Waals surface area contributed by atoms with Crippen LogP contribution in [0.4, 0.5) is 11.5 Å². The average molecular weight is 881 g/mol. The van der Waals surface area contributed by atoms with Crippen molar-refractivity contribution in [1.82, 2.24) is 25.0 Å². The van der Waals surface area contributed by atoms with Crippen molar-refractivity contribution in [3.05, 3.63) is 118 Å². The number of allylic oxidation sites excluding steroid dienone is 1. The third-order valence-electron chi connectivity index (χ3n) is 11.3. The van der Waals surface area contributed by atoms with Gasteiger partial charge in [-0.1, -0.05) is 49.2 Å². The van der Waals surface area contributed by atoms with E-state index in [1.165, 1.54) is 40.3 Å². The maximum absolute atomic E-state index is 14.0. The number of benzene rings is 3. The SMILES string of the molecule is CC1(C)CCC(CNCCNc2ccc(C(=O)NS(=O)(=O)c3cnc(NCC4CCOCC4)c(-c4nccs4)c3)c(Oc3cccc4[nH]ccc34)c2)=C(c2ccc(Cl)cc2)C1. The number of aromatic nitrogens is 3. The van der Waals surface area contributed by atoms with Crippen LogP contribution in [0.2, 0.25) is 5.02 Å². The van der Waals surface area contributed by atoms with Crippen molar-refractivity contribution in [2.24, 2.45) is 11.3 Å². The first-order chi connectivity index (χ1) is 29.5. The summed E-state index contributed by atoms with van der Waals surface area (Å²) in [6.45, 7) is 8.79. The van der Waals surface area contributed by atoms with Gasteiger partial charge in [0, 0.05) is 91.0 Å².